The van der Waals surface area contributed by atoms with E-state index in [2.05, 4.69) is 4.99 Å². The molecule has 1 aromatic rings. The van der Waals surface area contributed by atoms with Crippen molar-refractivity contribution in [2.24, 2.45) is 16.6 Å². The maximum absolute atomic E-state index is 12.4. The average molecular weight is 272 g/mol. The molecule has 20 heavy (non-hydrogen) atoms. The van der Waals surface area contributed by atoms with Crippen LogP contribution in [0.15, 0.2) is 29.3 Å². The van der Waals surface area contributed by atoms with Crippen molar-refractivity contribution in [2.75, 3.05) is 12.3 Å². The van der Waals surface area contributed by atoms with E-state index in [1.165, 1.54) is 12.8 Å². The molecule has 1 saturated carbocycles. The second kappa shape index (κ2) is 4.51. The molecule has 1 atom stereocenters. The van der Waals surface area contributed by atoms with Crippen molar-refractivity contribution in [1.29, 1.82) is 0 Å². The van der Waals surface area contributed by atoms with E-state index in [-0.39, 0.29) is 5.91 Å². The Balaban J connectivity index is 1.91. The molecular formula is C15H20N4O. The number of amides is 1. The van der Waals surface area contributed by atoms with Crippen molar-refractivity contribution in [2.45, 2.75) is 31.7 Å². The van der Waals surface area contributed by atoms with Crippen molar-refractivity contribution < 1.29 is 4.79 Å². The van der Waals surface area contributed by atoms with Crippen LogP contribution in [0.5, 0.6) is 0 Å². The molecule has 1 aliphatic carbocycles. The van der Waals surface area contributed by atoms with E-state index in [4.69, 9.17) is 11.5 Å². The molecule has 1 amide bonds. The number of carbonyl (C=O) groups excluding carboxylic acids is 1. The second-order valence-corrected chi connectivity index (χ2v) is 5.99. The topological polar surface area (TPSA) is 84.7 Å². The highest BCUT2D eigenvalue weighted by molar-refractivity contribution is 5.99. The SMILES string of the molecule is C[C@@]1(c2cccc(N)c2)CC(=O)N(CC2CC2)C(N)=N1. The first kappa shape index (κ1) is 13.0. The maximum Gasteiger partial charge on any atom is 0.232 e. The fraction of sp³-hybridized carbons (Fsp3) is 0.467. The zero-order valence-electron chi connectivity index (χ0n) is 11.7. The smallest absolute Gasteiger partial charge is 0.232 e. The number of aliphatic imine (C=N–C) groups is 1. The minimum atomic E-state index is -0.614. The third kappa shape index (κ3) is 2.35. The quantitative estimate of drug-likeness (QED) is 0.816. The number of guanidine groups is 1. The van der Waals surface area contributed by atoms with Gasteiger partial charge in [0.2, 0.25) is 5.91 Å². The molecule has 3 rings (SSSR count). The van der Waals surface area contributed by atoms with Crippen molar-refractivity contribution in [3.8, 4) is 0 Å². The number of benzene rings is 1. The molecule has 0 bridgehead atoms. The summed E-state index contributed by atoms with van der Waals surface area (Å²) < 4.78 is 0. The number of anilines is 1. The van der Waals surface area contributed by atoms with Crippen LogP contribution in [0.25, 0.3) is 0 Å². The number of hydrogen-bond donors (Lipinski definition) is 2. The lowest BCUT2D eigenvalue weighted by Gasteiger charge is -2.35. The Labute approximate surface area is 118 Å². The number of nitrogens with zero attached hydrogens (tertiary/aromatic N) is 2. The summed E-state index contributed by atoms with van der Waals surface area (Å²) >= 11 is 0. The standard InChI is InChI=1S/C15H20N4O/c1-15(11-3-2-4-12(16)7-11)8-13(20)19(14(17)18-15)9-10-5-6-10/h2-4,7,10H,5-6,8-9,16H2,1H3,(H2,17,18)/t15-/m0/s1. The van der Waals surface area contributed by atoms with Crippen LogP contribution in [0.4, 0.5) is 5.69 Å². The van der Waals surface area contributed by atoms with Gasteiger partial charge in [-0.25, -0.2) is 4.99 Å². The van der Waals surface area contributed by atoms with Crippen LogP contribution in [-0.4, -0.2) is 23.3 Å². The Hall–Kier alpha value is -2.04. The Morgan fingerprint density at radius 1 is 1.40 bits per heavy atom. The number of rotatable bonds is 3. The number of nitrogens with two attached hydrogens (primary N) is 2. The Morgan fingerprint density at radius 2 is 2.15 bits per heavy atom. The zero-order chi connectivity index (χ0) is 14.3. The molecule has 0 spiro atoms. The van der Waals surface area contributed by atoms with E-state index in [9.17, 15) is 4.79 Å². The van der Waals surface area contributed by atoms with Crippen LogP contribution in [-0.2, 0) is 10.3 Å². The second-order valence-electron chi connectivity index (χ2n) is 5.99. The molecule has 2 aliphatic rings. The van der Waals surface area contributed by atoms with Crippen molar-refractivity contribution >= 4 is 17.6 Å². The minimum absolute atomic E-state index is 0.0503. The van der Waals surface area contributed by atoms with Gasteiger partial charge in [-0.3, -0.25) is 9.69 Å². The van der Waals surface area contributed by atoms with Crippen molar-refractivity contribution in [3.63, 3.8) is 0 Å². The van der Waals surface area contributed by atoms with Crippen LogP contribution in [0.3, 0.4) is 0 Å². The summed E-state index contributed by atoms with van der Waals surface area (Å²) in [5.41, 5.74) is 12.8. The molecule has 5 heteroatoms. The highest BCUT2D eigenvalue weighted by Gasteiger charge is 2.39. The lowest BCUT2D eigenvalue weighted by Crippen LogP contribution is -2.50. The molecule has 1 fully saturated rings. The highest BCUT2D eigenvalue weighted by Crippen LogP contribution is 2.36. The van der Waals surface area contributed by atoms with Gasteiger partial charge in [0, 0.05) is 12.2 Å². The van der Waals surface area contributed by atoms with Crippen molar-refractivity contribution in [3.05, 3.63) is 29.8 Å². The van der Waals surface area contributed by atoms with Gasteiger partial charge in [0.15, 0.2) is 5.96 Å². The molecule has 1 heterocycles. The summed E-state index contributed by atoms with van der Waals surface area (Å²) in [7, 11) is 0. The fourth-order valence-corrected chi connectivity index (χ4v) is 2.66. The fourth-order valence-electron chi connectivity index (χ4n) is 2.66. The first-order valence-corrected chi connectivity index (χ1v) is 7.00. The highest BCUT2D eigenvalue weighted by atomic mass is 16.2. The average Bonchev–Trinajstić information content (AvgIpc) is 3.18. The van der Waals surface area contributed by atoms with E-state index in [0.29, 0.717) is 30.5 Å². The van der Waals surface area contributed by atoms with Gasteiger partial charge in [-0.2, -0.15) is 0 Å². The monoisotopic (exact) mass is 272 g/mol. The van der Waals surface area contributed by atoms with Crippen LogP contribution in [0, 0.1) is 5.92 Å². The normalized spacial score (nSPS) is 26.6. The Bertz CT molecular complexity index is 579. The van der Waals surface area contributed by atoms with Crippen LogP contribution >= 0.6 is 0 Å². The van der Waals surface area contributed by atoms with E-state index in [1.807, 2.05) is 31.2 Å². The summed E-state index contributed by atoms with van der Waals surface area (Å²) in [6, 6.07) is 7.50. The van der Waals surface area contributed by atoms with Gasteiger partial charge in [0.1, 0.15) is 0 Å². The van der Waals surface area contributed by atoms with E-state index in [1.54, 1.807) is 4.90 Å². The van der Waals surface area contributed by atoms with Gasteiger partial charge in [-0.05, 0) is 43.4 Å². The molecule has 0 aromatic heterocycles. The molecule has 1 aliphatic heterocycles. The molecule has 0 radical (unpaired) electrons. The predicted molar refractivity (Wildman–Crippen MR) is 78.9 cm³/mol. The molecular weight excluding hydrogens is 252 g/mol. The molecule has 5 nitrogen and oxygen atoms in total. The number of hydrogen-bond acceptors (Lipinski definition) is 4. The van der Waals surface area contributed by atoms with Crippen LogP contribution < -0.4 is 11.5 Å². The first-order valence-electron chi connectivity index (χ1n) is 7.00. The zero-order valence-corrected chi connectivity index (χ0v) is 11.7. The third-order valence-corrected chi connectivity index (χ3v) is 4.08. The summed E-state index contributed by atoms with van der Waals surface area (Å²) in [4.78, 5) is 18.6. The van der Waals surface area contributed by atoms with Gasteiger partial charge in [-0.15, -0.1) is 0 Å². The van der Waals surface area contributed by atoms with Crippen LogP contribution in [0.1, 0.15) is 31.7 Å². The van der Waals surface area contributed by atoms with Gasteiger partial charge < -0.3 is 11.5 Å². The van der Waals surface area contributed by atoms with Crippen LogP contribution in [0.2, 0.25) is 0 Å². The molecule has 0 unspecified atom stereocenters. The van der Waals surface area contributed by atoms with E-state index in [0.717, 1.165) is 5.56 Å². The molecule has 1 aromatic carbocycles. The summed E-state index contributed by atoms with van der Waals surface area (Å²) in [5.74, 6) is 0.983. The van der Waals surface area contributed by atoms with Gasteiger partial charge in [0.05, 0.1) is 12.0 Å². The third-order valence-electron chi connectivity index (χ3n) is 4.08. The van der Waals surface area contributed by atoms with Gasteiger partial charge in [0.25, 0.3) is 0 Å². The minimum Gasteiger partial charge on any atom is -0.399 e. The predicted octanol–water partition coefficient (Wildman–Crippen LogP) is 1.44. The number of carbonyl (C=O) groups is 1. The maximum atomic E-state index is 12.4. The summed E-state index contributed by atoms with van der Waals surface area (Å²) in [6.45, 7) is 2.64. The van der Waals surface area contributed by atoms with E-state index < -0.39 is 5.54 Å². The summed E-state index contributed by atoms with van der Waals surface area (Å²) in [5, 5.41) is 0. The Kier molecular flexibility index (Phi) is 2.92. The lowest BCUT2D eigenvalue weighted by atomic mass is 9.87. The van der Waals surface area contributed by atoms with E-state index >= 15 is 0 Å². The van der Waals surface area contributed by atoms with Gasteiger partial charge in [-0.1, -0.05) is 12.1 Å². The first-order chi connectivity index (χ1) is 9.48. The largest absolute Gasteiger partial charge is 0.399 e. The Morgan fingerprint density at radius 3 is 2.75 bits per heavy atom. The lowest BCUT2D eigenvalue weighted by molar-refractivity contribution is -0.129. The summed E-state index contributed by atoms with van der Waals surface area (Å²) in [6.07, 6.45) is 2.71. The molecule has 106 valence electrons. The molecule has 4 N–H and O–H groups in total. The number of nitrogen functional groups attached to an aromatic ring is 1. The molecule has 0 saturated heterocycles. The van der Waals surface area contributed by atoms with Crippen molar-refractivity contribution in [1.82, 2.24) is 4.90 Å². The van der Waals surface area contributed by atoms with Gasteiger partial charge >= 0.3 is 0 Å².